The van der Waals surface area contributed by atoms with Crippen LogP contribution >= 0.6 is 0 Å². The van der Waals surface area contributed by atoms with E-state index in [0.717, 1.165) is 122 Å². The number of aromatic nitrogens is 4. The van der Waals surface area contributed by atoms with Gasteiger partial charge in [-0.3, -0.25) is 9.59 Å². The Morgan fingerprint density at radius 1 is 0.758 bits per heavy atom. The average Bonchev–Trinajstić information content (AvgIpc) is 4.10. The highest BCUT2D eigenvalue weighted by Crippen LogP contribution is 2.38. The number of ether oxygens (including phenoxy) is 3. The molecule has 4 aromatic rings. The van der Waals surface area contributed by atoms with E-state index < -0.39 is 23.8 Å². The van der Waals surface area contributed by atoms with Crippen molar-refractivity contribution in [2.24, 2.45) is 5.92 Å². The first kappa shape index (κ1) is 43.0. The number of amides is 4. The largest absolute Gasteiger partial charge is 0.453 e. The molecule has 15 heteroatoms. The summed E-state index contributed by atoms with van der Waals surface area (Å²) in [6.45, 7) is 7.77. The van der Waals surface area contributed by atoms with Crippen LogP contribution in [0.1, 0.15) is 121 Å². The van der Waals surface area contributed by atoms with E-state index >= 15 is 0 Å². The molecular formula is C47H60N8O7. The zero-order valence-corrected chi connectivity index (χ0v) is 36.3. The number of H-pyrrole nitrogens is 2. The van der Waals surface area contributed by atoms with Gasteiger partial charge in [-0.15, -0.1) is 0 Å². The van der Waals surface area contributed by atoms with Crippen LogP contribution in [0.5, 0.6) is 0 Å². The lowest BCUT2D eigenvalue weighted by Gasteiger charge is -2.33. The summed E-state index contributed by atoms with van der Waals surface area (Å²) in [5.74, 6) is 1.55. The Bertz CT molecular complexity index is 2200. The van der Waals surface area contributed by atoms with Gasteiger partial charge >= 0.3 is 12.2 Å². The van der Waals surface area contributed by atoms with Crippen LogP contribution in [-0.4, -0.2) is 98.2 Å². The van der Waals surface area contributed by atoms with E-state index in [-0.39, 0.29) is 35.9 Å². The van der Waals surface area contributed by atoms with E-state index in [0.29, 0.717) is 26.2 Å². The minimum absolute atomic E-state index is 0.0204. The second kappa shape index (κ2) is 18.7. The molecule has 3 aliphatic heterocycles. The van der Waals surface area contributed by atoms with Gasteiger partial charge in [-0.1, -0.05) is 48.5 Å². The Hall–Kier alpha value is -5.70. The van der Waals surface area contributed by atoms with Crippen molar-refractivity contribution in [2.75, 3.05) is 26.8 Å². The number of carbonyl (C=O) groups excluding carboxylic acids is 4. The predicted octanol–water partition coefficient (Wildman–Crippen LogP) is 7.97. The number of hydrogen-bond donors (Lipinski definition) is 4. The number of likely N-dealkylation sites (tertiary alicyclic amines) is 1. The summed E-state index contributed by atoms with van der Waals surface area (Å²) in [5.41, 5.74) is 6.13. The fraction of sp³-hybridized carbons (Fsp3) is 0.532. The molecule has 5 heterocycles. The standard InChI is InChI=1S/C47H60N8O7/c1-47(2,3)62-46(59)49-34-22-20-33(21-23-34)43(56)54-24-7-10-38(54)41-48-27-36(50-41)31-16-12-29(13-17-31)30-14-18-32(19-15-30)40-37-28-61-26-6-5-9-35(52-45(58)60-4)44(57)55-25-8-11-39(55)42(51-37)53-40/h12-19,27,33-35,38-39H,5-11,20-26,28H2,1-4H3,(H,48,50)(H,49,59)(H,51,53)(H,52,58)/t33?,34?,35-,38-,39-/m0/s1. The highest BCUT2D eigenvalue weighted by Gasteiger charge is 2.39. The van der Waals surface area contributed by atoms with Gasteiger partial charge in [0.15, 0.2) is 0 Å². The summed E-state index contributed by atoms with van der Waals surface area (Å²) >= 11 is 0. The normalized spacial score (nSPS) is 23.4. The molecule has 0 spiro atoms. The number of nitrogens with zero attached hydrogens (tertiary/aromatic N) is 4. The van der Waals surface area contributed by atoms with Gasteiger partial charge in [0.1, 0.15) is 23.3 Å². The quantitative estimate of drug-likeness (QED) is 0.143. The summed E-state index contributed by atoms with van der Waals surface area (Å²) in [6, 6.07) is 15.8. The topological polar surface area (TPSA) is 184 Å². The van der Waals surface area contributed by atoms with E-state index in [1.54, 1.807) is 0 Å². The van der Waals surface area contributed by atoms with Crippen LogP contribution < -0.4 is 10.6 Å². The van der Waals surface area contributed by atoms with E-state index in [1.165, 1.54) is 7.11 Å². The molecule has 4 amide bonds. The Labute approximate surface area is 363 Å². The van der Waals surface area contributed by atoms with Gasteiger partial charge in [0.25, 0.3) is 0 Å². The van der Waals surface area contributed by atoms with Crippen LogP contribution in [0.3, 0.4) is 0 Å². The van der Waals surface area contributed by atoms with E-state index in [1.807, 2.05) is 36.8 Å². The lowest BCUT2D eigenvalue weighted by atomic mass is 9.85. The zero-order chi connectivity index (χ0) is 43.4. The lowest BCUT2D eigenvalue weighted by Crippen LogP contribution is -2.48. The second-order valence-electron chi connectivity index (χ2n) is 18.1. The molecule has 0 radical (unpaired) electrons. The van der Waals surface area contributed by atoms with Crippen molar-refractivity contribution in [3.8, 4) is 33.6 Å². The third kappa shape index (κ3) is 9.83. The van der Waals surface area contributed by atoms with E-state index in [9.17, 15) is 19.2 Å². The molecule has 0 unspecified atom stereocenters. The summed E-state index contributed by atoms with van der Waals surface area (Å²) in [6.07, 6.45) is 9.25. The molecule has 15 nitrogen and oxygen atoms in total. The van der Waals surface area contributed by atoms with Crippen LogP contribution in [0, 0.1) is 5.92 Å². The third-order valence-electron chi connectivity index (χ3n) is 12.6. The molecule has 1 saturated carbocycles. The van der Waals surface area contributed by atoms with Gasteiger partial charge in [0, 0.05) is 37.2 Å². The number of carbonyl (C=O) groups is 4. The lowest BCUT2D eigenvalue weighted by molar-refractivity contribution is -0.138. The molecule has 8 rings (SSSR count). The van der Waals surface area contributed by atoms with Crippen molar-refractivity contribution < 1.29 is 33.4 Å². The first-order valence-corrected chi connectivity index (χ1v) is 22.3. The first-order chi connectivity index (χ1) is 29.9. The highest BCUT2D eigenvalue weighted by molar-refractivity contribution is 5.86. The fourth-order valence-corrected chi connectivity index (χ4v) is 9.45. The smallest absolute Gasteiger partial charge is 0.407 e. The number of methoxy groups -OCH3 is 1. The Morgan fingerprint density at radius 2 is 1.44 bits per heavy atom. The maximum atomic E-state index is 13.8. The van der Waals surface area contributed by atoms with Gasteiger partial charge in [-0.25, -0.2) is 19.6 Å². The number of nitrogens with one attached hydrogen (secondary N) is 4. The molecule has 62 heavy (non-hydrogen) atoms. The van der Waals surface area contributed by atoms with Crippen molar-refractivity contribution in [3.05, 3.63) is 72.1 Å². The Morgan fingerprint density at radius 3 is 2.15 bits per heavy atom. The SMILES string of the molecule is COC(=O)N[C@H]1CCCCOCc2[nH]c(nc2-c2ccc(-c3ccc(-c4cnc([C@@H]5CCCN5C(=O)C5CCC(NC(=O)OC(C)(C)C)CC5)[nH]4)cc3)cc2)[C@@H]2CCCN2C1=O. The first-order valence-electron chi connectivity index (χ1n) is 22.3. The van der Waals surface area contributed by atoms with Crippen LogP contribution in [0.4, 0.5) is 9.59 Å². The molecule has 3 atom stereocenters. The van der Waals surface area contributed by atoms with Crippen LogP contribution in [0.25, 0.3) is 33.6 Å². The van der Waals surface area contributed by atoms with Crippen LogP contribution in [0.2, 0.25) is 0 Å². The molecule has 330 valence electrons. The van der Waals surface area contributed by atoms with E-state index in [4.69, 9.17) is 24.2 Å². The average molecular weight is 849 g/mol. The Balaban J connectivity index is 0.909. The fourth-order valence-electron chi connectivity index (χ4n) is 9.45. The zero-order valence-electron chi connectivity index (χ0n) is 36.3. The summed E-state index contributed by atoms with van der Waals surface area (Å²) < 4.78 is 16.3. The van der Waals surface area contributed by atoms with Gasteiger partial charge in [0.2, 0.25) is 11.8 Å². The number of hydrogen-bond acceptors (Lipinski definition) is 9. The van der Waals surface area contributed by atoms with Crippen molar-refractivity contribution in [3.63, 3.8) is 0 Å². The highest BCUT2D eigenvalue weighted by atomic mass is 16.6. The minimum Gasteiger partial charge on any atom is -0.453 e. The minimum atomic E-state index is -0.670. The van der Waals surface area contributed by atoms with Crippen molar-refractivity contribution in [2.45, 2.75) is 128 Å². The number of benzene rings is 2. The van der Waals surface area contributed by atoms with Gasteiger partial charge < -0.3 is 44.6 Å². The molecule has 2 aromatic heterocycles. The van der Waals surface area contributed by atoms with Crippen molar-refractivity contribution in [1.82, 2.24) is 40.4 Å². The summed E-state index contributed by atoms with van der Waals surface area (Å²) in [4.78, 5) is 72.7. The van der Waals surface area contributed by atoms with E-state index in [2.05, 4.69) is 69.1 Å². The number of imidazole rings is 2. The second-order valence-corrected chi connectivity index (χ2v) is 18.1. The molecule has 2 aromatic carbocycles. The van der Waals surface area contributed by atoms with Gasteiger partial charge in [-0.05, 0) is 108 Å². The molecule has 1 aliphatic carbocycles. The Kier molecular flexibility index (Phi) is 13.0. The number of alkyl carbamates (subject to hydrolysis) is 2. The number of rotatable bonds is 7. The number of aromatic amines is 2. The van der Waals surface area contributed by atoms with Gasteiger partial charge in [-0.2, -0.15) is 0 Å². The number of fused-ring (bicyclic) bond motifs is 4. The van der Waals surface area contributed by atoms with Crippen molar-refractivity contribution in [1.29, 1.82) is 0 Å². The third-order valence-corrected chi connectivity index (χ3v) is 12.6. The molecule has 4 aliphatic rings. The molecule has 2 bridgehead atoms. The maximum absolute atomic E-state index is 13.8. The summed E-state index contributed by atoms with van der Waals surface area (Å²) in [5, 5.41) is 5.73. The van der Waals surface area contributed by atoms with Crippen LogP contribution in [0.15, 0.2) is 54.7 Å². The monoisotopic (exact) mass is 848 g/mol. The molecular weight excluding hydrogens is 789 g/mol. The predicted molar refractivity (Wildman–Crippen MR) is 232 cm³/mol. The molecule has 4 N–H and O–H groups in total. The summed E-state index contributed by atoms with van der Waals surface area (Å²) in [7, 11) is 1.30. The van der Waals surface area contributed by atoms with Gasteiger partial charge in [0.05, 0.1) is 49.1 Å². The van der Waals surface area contributed by atoms with Crippen LogP contribution in [-0.2, 0) is 30.4 Å². The maximum Gasteiger partial charge on any atom is 0.407 e. The molecule has 3 fully saturated rings. The van der Waals surface area contributed by atoms with Crippen molar-refractivity contribution >= 4 is 24.0 Å². The molecule has 2 saturated heterocycles.